The van der Waals surface area contributed by atoms with Crippen molar-refractivity contribution >= 4 is 0 Å². The van der Waals surface area contributed by atoms with E-state index in [2.05, 4.69) is 18.3 Å². The largest absolute Gasteiger partial charge is 0.310 e. The second-order valence-corrected chi connectivity index (χ2v) is 3.41. The Labute approximate surface area is 68.6 Å². The van der Waals surface area contributed by atoms with Crippen LogP contribution in [0.5, 0.6) is 0 Å². The van der Waals surface area contributed by atoms with Gasteiger partial charge < -0.3 is 5.32 Å². The number of hydrogen-bond acceptors (Lipinski definition) is 2. The first kappa shape index (κ1) is 8.55. The van der Waals surface area contributed by atoms with Gasteiger partial charge in [0.15, 0.2) is 0 Å². The first-order chi connectivity index (χ1) is 5.33. The average molecular weight is 152 g/mol. The van der Waals surface area contributed by atoms with E-state index >= 15 is 0 Å². The highest BCUT2D eigenvalue weighted by Gasteiger charge is 2.15. The van der Waals surface area contributed by atoms with Gasteiger partial charge in [-0.05, 0) is 19.8 Å². The molecular weight excluding hydrogens is 136 g/mol. The summed E-state index contributed by atoms with van der Waals surface area (Å²) in [7, 11) is 0. The van der Waals surface area contributed by atoms with Crippen LogP contribution < -0.4 is 5.32 Å². The summed E-state index contributed by atoms with van der Waals surface area (Å²) < 4.78 is 0. The normalized spacial score (nSPS) is 21.5. The van der Waals surface area contributed by atoms with Crippen molar-refractivity contribution in [3.8, 4) is 6.07 Å². The smallest absolute Gasteiger partial charge is 0.0638 e. The third-order valence-electron chi connectivity index (χ3n) is 2.27. The summed E-state index contributed by atoms with van der Waals surface area (Å²) in [4.78, 5) is 0. The molecule has 0 spiro atoms. The minimum atomic E-state index is 0.378. The van der Waals surface area contributed by atoms with Gasteiger partial charge in [0.05, 0.1) is 12.5 Å². The number of nitrogens with zero attached hydrogens (tertiary/aromatic N) is 1. The molecule has 1 rings (SSSR count). The molecule has 1 aliphatic carbocycles. The van der Waals surface area contributed by atoms with E-state index in [9.17, 15) is 0 Å². The maximum absolute atomic E-state index is 8.42. The van der Waals surface area contributed by atoms with Crippen LogP contribution in [0.25, 0.3) is 0 Å². The van der Waals surface area contributed by atoms with E-state index in [1.807, 2.05) is 0 Å². The molecule has 62 valence electrons. The van der Waals surface area contributed by atoms with Gasteiger partial charge in [0.25, 0.3) is 0 Å². The number of nitrogens with one attached hydrogen (secondary N) is 1. The Morgan fingerprint density at radius 2 is 2.18 bits per heavy atom. The third-order valence-corrected chi connectivity index (χ3v) is 2.27. The molecule has 1 atom stereocenters. The lowest BCUT2D eigenvalue weighted by Crippen LogP contribution is -2.34. The Morgan fingerprint density at radius 1 is 1.55 bits per heavy atom. The molecule has 2 heteroatoms. The van der Waals surface area contributed by atoms with Crippen molar-refractivity contribution in [3.05, 3.63) is 0 Å². The monoisotopic (exact) mass is 152 g/mol. The summed E-state index contributed by atoms with van der Waals surface area (Å²) in [5.41, 5.74) is 0. The summed E-state index contributed by atoms with van der Waals surface area (Å²) in [6.07, 6.45) is 5.95. The van der Waals surface area contributed by atoms with E-state index < -0.39 is 0 Å². The Bertz CT molecular complexity index is 142. The molecule has 1 aliphatic rings. The van der Waals surface area contributed by atoms with Crippen molar-refractivity contribution in [1.82, 2.24) is 5.32 Å². The Morgan fingerprint density at radius 3 is 2.73 bits per heavy atom. The Kier molecular flexibility index (Phi) is 3.38. The molecule has 1 unspecified atom stereocenters. The van der Waals surface area contributed by atoms with E-state index in [4.69, 9.17) is 5.26 Å². The SMILES string of the molecule is CC(CC#N)NC1CCCC1. The predicted molar refractivity (Wildman–Crippen MR) is 45.1 cm³/mol. The van der Waals surface area contributed by atoms with Gasteiger partial charge in [-0.3, -0.25) is 0 Å². The molecule has 2 nitrogen and oxygen atoms in total. The highest BCUT2D eigenvalue weighted by Crippen LogP contribution is 2.18. The van der Waals surface area contributed by atoms with Crippen LogP contribution in [0.3, 0.4) is 0 Å². The minimum Gasteiger partial charge on any atom is -0.310 e. The molecular formula is C9H16N2. The van der Waals surface area contributed by atoms with Crippen molar-refractivity contribution < 1.29 is 0 Å². The zero-order chi connectivity index (χ0) is 8.10. The van der Waals surface area contributed by atoms with Gasteiger partial charge in [-0.1, -0.05) is 12.8 Å². The molecule has 1 fully saturated rings. The van der Waals surface area contributed by atoms with E-state index in [-0.39, 0.29) is 0 Å². The fourth-order valence-corrected chi connectivity index (χ4v) is 1.69. The summed E-state index contributed by atoms with van der Waals surface area (Å²) in [6, 6.07) is 3.25. The van der Waals surface area contributed by atoms with Crippen molar-refractivity contribution in [2.45, 2.75) is 51.1 Å². The van der Waals surface area contributed by atoms with Crippen LogP contribution >= 0.6 is 0 Å². The second-order valence-electron chi connectivity index (χ2n) is 3.41. The van der Waals surface area contributed by atoms with Gasteiger partial charge in [-0.15, -0.1) is 0 Å². The summed E-state index contributed by atoms with van der Waals surface area (Å²) in [6.45, 7) is 2.08. The maximum Gasteiger partial charge on any atom is 0.0638 e. The summed E-state index contributed by atoms with van der Waals surface area (Å²) in [5, 5.41) is 11.9. The Hall–Kier alpha value is -0.550. The molecule has 0 radical (unpaired) electrons. The molecule has 0 aromatic heterocycles. The topological polar surface area (TPSA) is 35.8 Å². The van der Waals surface area contributed by atoms with Crippen LogP contribution in [0.1, 0.15) is 39.0 Å². The fourth-order valence-electron chi connectivity index (χ4n) is 1.69. The quantitative estimate of drug-likeness (QED) is 0.669. The van der Waals surface area contributed by atoms with E-state index in [0.29, 0.717) is 18.5 Å². The van der Waals surface area contributed by atoms with Gasteiger partial charge in [-0.2, -0.15) is 5.26 Å². The Balaban J connectivity index is 2.14. The van der Waals surface area contributed by atoms with Gasteiger partial charge in [0.1, 0.15) is 0 Å². The van der Waals surface area contributed by atoms with Crippen LogP contribution in [-0.4, -0.2) is 12.1 Å². The van der Waals surface area contributed by atoms with Crippen LogP contribution in [0.2, 0.25) is 0 Å². The van der Waals surface area contributed by atoms with Crippen LogP contribution in [0, 0.1) is 11.3 Å². The lowest BCUT2D eigenvalue weighted by molar-refractivity contribution is 0.454. The highest BCUT2D eigenvalue weighted by atomic mass is 14.9. The first-order valence-corrected chi connectivity index (χ1v) is 4.46. The van der Waals surface area contributed by atoms with Crippen molar-refractivity contribution in [1.29, 1.82) is 5.26 Å². The first-order valence-electron chi connectivity index (χ1n) is 4.46. The van der Waals surface area contributed by atoms with Crippen molar-refractivity contribution in [2.75, 3.05) is 0 Å². The van der Waals surface area contributed by atoms with Crippen molar-refractivity contribution in [3.63, 3.8) is 0 Å². The lowest BCUT2D eigenvalue weighted by atomic mass is 10.2. The molecule has 1 N–H and O–H groups in total. The molecule has 0 aromatic carbocycles. The average Bonchev–Trinajstić information content (AvgIpc) is 2.40. The summed E-state index contributed by atoms with van der Waals surface area (Å²) >= 11 is 0. The predicted octanol–water partition coefficient (Wildman–Crippen LogP) is 1.82. The van der Waals surface area contributed by atoms with E-state index in [1.165, 1.54) is 25.7 Å². The molecule has 0 aromatic rings. The molecule has 11 heavy (non-hydrogen) atoms. The molecule has 0 saturated heterocycles. The molecule has 0 heterocycles. The molecule has 0 bridgehead atoms. The zero-order valence-corrected chi connectivity index (χ0v) is 7.14. The highest BCUT2D eigenvalue weighted by molar-refractivity contribution is 4.82. The van der Waals surface area contributed by atoms with Crippen LogP contribution in [-0.2, 0) is 0 Å². The van der Waals surface area contributed by atoms with Gasteiger partial charge in [0.2, 0.25) is 0 Å². The standard InChI is InChI=1S/C9H16N2/c1-8(6-7-10)11-9-4-2-3-5-9/h8-9,11H,2-6H2,1H3. The van der Waals surface area contributed by atoms with E-state index in [1.54, 1.807) is 0 Å². The van der Waals surface area contributed by atoms with E-state index in [0.717, 1.165) is 0 Å². The molecule has 0 aliphatic heterocycles. The number of nitriles is 1. The van der Waals surface area contributed by atoms with Gasteiger partial charge in [0, 0.05) is 12.1 Å². The fraction of sp³-hybridized carbons (Fsp3) is 0.889. The number of rotatable bonds is 3. The zero-order valence-electron chi connectivity index (χ0n) is 7.14. The molecule has 0 amide bonds. The van der Waals surface area contributed by atoms with Crippen molar-refractivity contribution in [2.24, 2.45) is 0 Å². The number of hydrogen-bond donors (Lipinski definition) is 1. The van der Waals surface area contributed by atoms with Gasteiger partial charge >= 0.3 is 0 Å². The summed E-state index contributed by atoms with van der Waals surface area (Å²) in [5.74, 6) is 0. The molecule has 1 saturated carbocycles. The van der Waals surface area contributed by atoms with Gasteiger partial charge in [-0.25, -0.2) is 0 Å². The third kappa shape index (κ3) is 2.90. The van der Waals surface area contributed by atoms with Crippen LogP contribution in [0.4, 0.5) is 0 Å². The minimum absolute atomic E-state index is 0.378. The second kappa shape index (κ2) is 4.35. The lowest BCUT2D eigenvalue weighted by Gasteiger charge is -2.16. The maximum atomic E-state index is 8.42. The van der Waals surface area contributed by atoms with Crippen LogP contribution in [0.15, 0.2) is 0 Å².